The van der Waals surface area contributed by atoms with Crippen molar-refractivity contribution < 1.29 is 14.1 Å². The molecule has 1 aromatic heterocycles. The molecule has 0 spiro atoms. The molecule has 8 heteroatoms. The first-order chi connectivity index (χ1) is 15.4. The quantitative estimate of drug-likeness (QED) is 0.202. The van der Waals surface area contributed by atoms with E-state index in [4.69, 9.17) is 4.42 Å². The maximum absolute atomic E-state index is 12.9. The molecular weight excluding hydrogens is 426 g/mol. The number of carbonyl (C=O) groups excluding carboxylic acids is 1. The second-order valence-corrected chi connectivity index (χ2v) is 8.06. The van der Waals surface area contributed by atoms with Gasteiger partial charge in [-0.2, -0.15) is 0 Å². The second-order valence-electron chi connectivity index (χ2n) is 7.05. The molecule has 0 saturated carbocycles. The summed E-state index contributed by atoms with van der Waals surface area (Å²) in [6, 6.07) is 17.4. The highest BCUT2D eigenvalue weighted by Crippen LogP contribution is 2.35. The summed E-state index contributed by atoms with van der Waals surface area (Å²) in [7, 11) is 0. The first-order valence-electron chi connectivity index (χ1n) is 9.77. The number of amidine groups is 1. The minimum atomic E-state index is -0.452. The molecular formula is C24H19N3O4S. The van der Waals surface area contributed by atoms with Crippen molar-refractivity contribution in [3.05, 3.63) is 99.7 Å². The molecule has 2 aromatic carbocycles. The molecule has 0 N–H and O–H groups in total. The van der Waals surface area contributed by atoms with Crippen molar-refractivity contribution >= 4 is 40.3 Å². The Morgan fingerprint density at radius 2 is 1.97 bits per heavy atom. The second kappa shape index (κ2) is 9.07. The molecule has 3 aromatic rings. The van der Waals surface area contributed by atoms with E-state index in [-0.39, 0.29) is 11.6 Å². The monoisotopic (exact) mass is 445 g/mol. The van der Waals surface area contributed by atoms with E-state index in [1.54, 1.807) is 41.3 Å². The Bertz CT molecular complexity index is 1260. The van der Waals surface area contributed by atoms with Gasteiger partial charge in [0.25, 0.3) is 11.6 Å². The van der Waals surface area contributed by atoms with Crippen LogP contribution in [0.1, 0.15) is 11.3 Å². The van der Waals surface area contributed by atoms with Crippen LogP contribution >= 0.6 is 11.8 Å². The lowest BCUT2D eigenvalue weighted by molar-refractivity contribution is -0.384. The highest BCUT2D eigenvalue weighted by atomic mass is 32.2. The van der Waals surface area contributed by atoms with Crippen LogP contribution < -0.4 is 0 Å². The lowest BCUT2D eigenvalue weighted by Gasteiger charge is -2.12. The molecule has 1 saturated heterocycles. The Balaban J connectivity index is 1.62. The Morgan fingerprint density at radius 3 is 2.69 bits per heavy atom. The fourth-order valence-corrected chi connectivity index (χ4v) is 4.09. The summed E-state index contributed by atoms with van der Waals surface area (Å²) in [5.41, 5.74) is 2.46. The van der Waals surface area contributed by atoms with Crippen LogP contribution in [0.4, 0.5) is 11.4 Å². The van der Waals surface area contributed by atoms with Gasteiger partial charge in [0, 0.05) is 30.3 Å². The SMILES string of the molecule is C=CCN1C(=O)C(=Cc2ccc(-c3cccc([N+](=O)[O-])c3)o2)SC1=Nc1ccc(C)cc1. The van der Waals surface area contributed by atoms with Gasteiger partial charge in [-0.1, -0.05) is 35.9 Å². The van der Waals surface area contributed by atoms with Gasteiger partial charge in [0.05, 0.1) is 15.5 Å². The fraction of sp³-hybridized carbons (Fsp3) is 0.0833. The lowest BCUT2D eigenvalue weighted by Crippen LogP contribution is -2.29. The van der Waals surface area contributed by atoms with E-state index in [1.165, 1.54) is 23.9 Å². The number of hydrogen-bond acceptors (Lipinski definition) is 6. The summed E-state index contributed by atoms with van der Waals surface area (Å²) in [5.74, 6) is 0.763. The van der Waals surface area contributed by atoms with Crippen molar-refractivity contribution in [3.8, 4) is 11.3 Å². The maximum atomic E-state index is 12.9. The number of hydrogen-bond donors (Lipinski definition) is 0. The zero-order valence-corrected chi connectivity index (χ0v) is 18.0. The fourth-order valence-electron chi connectivity index (χ4n) is 3.10. The third-order valence-corrected chi connectivity index (χ3v) is 5.71. The standard InChI is InChI=1S/C24H19N3O4S/c1-3-13-26-23(28)22(32-24(26)25-18-9-7-16(2)8-10-18)15-20-11-12-21(31-20)17-5-4-6-19(14-17)27(29)30/h3-12,14-15H,1,13H2,2H3. The number of rotatable bonds is 6. The van der Waals surface area contributed by atoms with E-state index in [9.17, 15) is 14.9 Å². The molecule has 1 amide bonds. The molecule has 2 heterocycles. The Labute approximate surface area is 188 Å². The van der Waals surface area contributed by atoms with Crippen LogP contribution in [-0.2, 0) is 4.79 Å². The van der Waals surface area contributed by atoms with E-state index >= 15 is 0 Å². The summed E-state index contributed by atoms with van der Waals surface area (Å²) < 4.78 is 5.83. The van der Waals surface area contributed by atoms with E-state index in [0.717, 1.165) is 11.3 Å². The van der Waals surface area contributed by atoms with Crippen LogP contribution in [0.3, 0.4) is 0 Å². The molecule has 160 valence electrons. The number of aliphatic imine (C=N–C) groups is 1. The van der Waals surface area contributed by atoms with Crippen molar-refractivity contribution in [1.29, 1.82) is 0 Å². The van der Waals surface area contributed by atoms with Gasteiger partial charge in [-0.05, 0) is 43.0 Å². The normalized spacial score (nSPS) is 16.2. The van der Waals surface area contributed by atoms with Crippen molar-refractivity contribution in [2.75, 3.05) is 6.54 Å². The van der Waals surface area contributed by atoms with Crippen LogP contribution in [0.5, 0.6) is 0 Å². The van der Waals surface area contributed by atoms with Crippen molar-refractivity contribution in [2.45, 2.75) is 6.92 Å². The molecule has 0 radical (unpaired) electrons. The van der Waals surface area contributed by atoms with E-state index in [2.05, 4.69) is 11.6 Å². The van der Waals surface area contributed by atoms with Gasteiger partial charge in [0.1, 0.15) is 11.5 Å². The zero-order valence-electron chi connectivity index (χ0n) is 17.2. The third kappa shape index (κ3) is 4.55. The number of amides is 1. The van der Waals surface area contributed by atoms with Crippen molar-refractivity contribution in [1.82, 2.24) is 4.90 Å². The van der Waals surface area contributed by atoms with Crippen molar-refractivity contribution in [3.63, 3.8) is 0 Å². The number of aryl methyl sites for hydroxylation is 1. The van der Waals surface area contributed by atoms with E-state index < -0.39 is 4.92 Å². The zero-order chi connectivity index (χ0) is 22.7. The van der Waals surface area contributed by atoms with Gasteiger partial charge >= 0.3 is 0 Å². The number of furan rings is 1. The lowest BCUT2D eigenvalue weighted by atomic mass is 10.1. The van der Waals surface area contributed by atoms with Gasteiger partial charge in [-0.25, -0.2) is 4.99 Å². The predicted molar refractivity (Wildman–Crippen MR) is 127 cm³/mol. The number of nitro groups is 1. The summed E-state index contributed by atoms with van der Waals surface area (Å²) in [6.45, 7) is 6.07. The van der Waals surface area contributed by atoms with Crippen LogP contribution in [-0.4, -0.2) is 27.4 Å². The van der Waals surface area contributed by atoms with Crippen molar-refractivity contribution in [2.24, 2.45) is 4.99 Å². The van der Waals surface area contributed by atoms with Crippen LogP contribution in [0.25, 0.3) is 17.4 Å². The average Bonchev–Trinajstić information content (AvgIpc) is 3.36. The molecule has 1 aliphatic rings. The molecule has 32 heavy (non-hydrogen) atoms. The summed E-state index contributed by atoms with van der Waals surface area (Å²) in [5, 5.41) is 11.6. The largest absolute Gasteiger partial charge is 0.457 e. The number of benzene rings is 2. The van der Waals surface area contributed by atoms with Crippen LogP contribution in [0.15, 0.2) is 87.6 Å². The van der Waals surface area contributed by atoms with E-state index in [1.807, 2.05) is 31.2 Å². The molecule has 0 atom stereocenters. The minimum Gasteiger partial charge on any atom is -0.457 e. The minimum absolute atomic E-state index is 0.0163. The number of non-ortho nitro benzene ring substituents is 1. The molecule has 7 nitrogen and oxygen atoms in total. The Kier molecular flexibility index (Phi) is 6.04. The van der Waals surface area contributed by atoms with Gasteiger partial charge in [-0.15, -0.1) is 6.58 Å². The first kappa shape index (κ1) is 21.3. The number of carbonyl (C=O) groups is 1. The molecule has 0 unspecified atom stereocenters. The first-order valence-corrected chi connectivity index (χ1v) is 10.6. The smallest absolute Gasteiger partial charge is 0.270 e. The highest BCUT2D eigenvalue weighted by molar-refractivity contribution is 8.18. The van der Waals surface area contributed by atoms with Gasteiger partial charge in [0.2, 0.25) is 0 Å². The number of nitro benzene ring substituents is 1. The summed E-state index contributed by atoms with van der Waals surface area (Å²) in [4.78, 5) is 30.2. The van der Waals surface area contributed by atoms with Crippen LogP contribution in [0, 0.1) is 17.0 Å². The number of nitrogens with zero attached hydrogens (tertiary/aromatic N) is 3. The summed E-state index contributed by atoms with van der Waals surface area (Å²) >= 11 is 1.26. The van der Waals surface area contributed by atoms with E-state index in [0.29, 0.717) is 33.7 Å². The molecule has 1 aliphatic heterocycles. The van der Waals surface area contributed by atoms with Gasteiger partial charge < -0.3 is 4.42 Å². The number of thioether (sulfide) groups is 1. The molecule has 4 rings (SSSR count). The van der Waals surface area contributed by atoms with Crippen LogP contribution in [0.2, 0.25) is 0 Å². The van der Waals surface area contributed by atoms with Gasteiger partial charge in [-0.3, -0.25) is 19.8 Å². The highest BCUT2D eigenvalue weighted by Gasteiger charge is 2.33. The Morgan fingerprint density at radius 1 is 1.19 bits per heavy atom. The topological polar surface area (TPSA) is 89.0 Å². The van der Waals surface area contributed by atoms with Gasteiger partial charge in [0.15, 0.2) is 5.17 Å². The summed E-state index contributed by atoms with van der Waals surface area (Å²) in [6.07, 6.45) is 3.31. The molecule has 0 aliphatic carbocycles. The average molecular weight is 446 g/mol. The Hall–Kier alpha value is -3.91. The molecule has 1 fully saturated rings. The third-order valence-electron chi connectivity index (χ3n) is 4.70. The maximum Gasteiger partial charge on any atom is 0.270 e. The molecule has 0 bridgehead atoms. The predicted octanol–water partition coefficient (Wildman–Crippen LogP) is 5.95.